The van der Waals surface area contributed by atoms with Crippen LogP contribution in [-0.4, -0.2) is 47.0 Å². The Hall–Kier alpha value is -2.61. The molecule has 1 aliphatic rings. The second-order valence-corrected chi connectivity index (χ2v) is 5.50. The Bertz CT molecular complexity index is 797. The Labute approximate surface area is 126 Å². The zero-order valence-corrected chi connectivity index (χ0v) is 11.8. The summed E-state index contributed by atoms with van der Waals surface area (Å²) >= 11 is 0. The monoisotopic (exact) mass is 297 g/mol. The summed E-state index contributed by atoms with van der Waals surface area (Å²) in [4.78, 5) is 16.9. The minimum absolute atomic E-state index is 0.458. The first-order valence-electron chi connectivity index (χ1n) is 7.18. The van der Waals surface area contributed by atoms with Gasteiger partial charge < -0.3 is 10.4 Å². The molecule has 8 heteroatoms. The molecule has 8 nitrogen and oxygen atoms in total. The molecule has 0 atom stereocenters. The lowest BCUT2D eigenvalue weighted by molar-refractivity contribution is -0.0202. The normalized spacial score (nSPS) is 16.4. The molecule has 3 aromatic rings. The number of hydrogen-bond acceptors (Lipinski definition) is 7. The fraction of sp³-hybridized carbons (Fsp3) is 0.357. The number of nitrogens with zero attached hydrogens (tertiary/aromatic N) is 6. The van der Waals surface area contributed by atoms with E-state index in [1.54, 1.807) is 29.3 Å². The van der Waals surface area contributed by atoms with Crippen molar-refractivity contribution in [2.75, 3.05) is 11.9 Å². The van der Waals surface area contributed by atoms with E-state index in [0.717, 1.165) is 24.6 Å². The number of rotatable bonds is 4. The third kappa shape index (κ3) is 2.17. The molecule has 0 unspecified atom stereocenters. The zero-order valence-electron chi connectivity index (χ0n) is 11.8. The van der Waals surface area contributed by atoms with Crippen molar-refractivity contribution < 1.29 is 5.11 Å². The highest BCUT2D eigenvalue weighted by atomic mass is 16.3. The molecule has 0 spiro atoms. The van der Waals surface area contributed by atoms with Crippen LogP contribution in [0.25, 0.3) is 17.0 Å². The Morgan fingerprint density at radius 3 is 2.73 bits per heavy atom. The molecular formula is C14H15N7O. The first kappa shape index (κ1) is 13.1. The summed E-state index contributed by atoms with van der Waals surface area (Å²) < 4.78 is 1.57. The molecule has 2 N–H and O–H groups in total. The van der Waals surface area contributed by atoms with Crippen molar-refractivity contribution in [3.8, 4) is 5.95 Å². The highest BCUT2D eigenvalue weighted by Gasteiger charge is 2.34. The summed E-state index contributed by atoms with van der Waals surface area (Å²) in [5.41, 5.74) is 0.0137. The molecule has 4 rings (SSSR count). The largest absolute Gasteiger partial charge is 0.388 e. The number of nitrogens with one attached hydrogen (secondary N) is 1. The molecule has 1 fully saturated rings. The van der Waals surface area contributed by atoms with Crippen LogP contribution in [0.1, 0.15) is 19.3 Å². The minimum Gasteiger partial charge on any atom is -0.388 e. The Kier molecular flexibility index (Phi) is 2.97. The van der Waals surface area contributed by atoms with E-state index in [1.165, 1.54) is 6.33 Å². The molecule has 22 heavy (non-hydrogen) atoms. The van der Waals surface area contributed by atoms with E-state index in [2.05, 4.69) is 30.4 Å². The molecule has 1 saturated carbocycles. The van der Waals surface area contributed by atoms with Crippen LogP contribution in [0.15, 0.2) is 31.0 Å². The molecule has 3 aromatic heterocycles. The first-order chi connectivity index (χ1) is 10.8. The van der Waals surface area contributed by atoms with Crippen molar-refractivity contribution in [3.63, 3.8) is 0 Å². The zero-order chi connectivity index (χ0) is 15.0. The van der Waals surface area contributed by atoms with Crippen LogP contribution < -0.4 is 5.32 Å². The van der Waals surface area contributed by atoms with Gasteiger partial charge >= 0.3 is 0 Å². The summed E-state index contributed by atoms with van der Waals surface area (Å²) in [5.74, 6) is 1.12. The van der Waals surface area contributed by atoms with Gasteiger partial charge in [-0.1, -0.05) is 0 Å². The van der Waals surface area contributed by atoms with E-state index in [1.807, 2.05) is 0 Å². The predicted octanol–water partition coefficient (Wildman–Crippen LogP) is 0.932. The van der Waals surface area contributed by atoms with Gasteiger partial charge in [-0.05, 0) is 25.3 Å². The van der Waals surface area contributed by atoms with Gasteiger partial charge in [0, 0.05) is 18.9 Å². The smallest absolute Gasteiger partial charge is 0.252 e. The molecule has 0 saturated heterocycles. The molecule has 3 heterocycles. The number of hydrogen-bond donors (Lipinski definition) is 2. The summed E-state index contributed by atoms with van der Waals surface area (Å²) in [5, 5.41) is 18.4. The lowest BCUT2D eigenvalue weighted by atomic mass is 9.80. The van der Waals surface area contributed by atoms with Crippen molar-refractivity contribution in [1.29, 1.82) is 0 Å². The van der Waals surface area contributed by atoms with Crippen LogP contribution in [0, 0.1) is 0 Å². The highest BCUT2D eigenvalue weighted by molar-refractivity contribution is 5.86. The molecule has 112 valence electrons. The van der Waals surface area contributed by atoms with Crippen LogP contribution in [-0.2, 0) is 0 Å². The van der Waals surface area contributed by atoms with Gasteiger partial charge in [0.2, 0.25) is 0 Å². The van der Waals surface area contributed by atoms with Crippen LogP contribution in [0.4, 0.5) is 5.82 Å². The van der Waals surface area contributed by atoms with Gasteiger partial charge in [0.25, 0.3) is 5.95 Å². The van der Waals surface area contributed by atoms with Crippen LogP contribution in [0.3, 0.4) is 0 Å². The van der Waals surface area contributed by atoms with Gasteiger partial charge in [-0.15, -0.1) is 0 Å². The van der Waals surface area contributed by atoms with Crippen molar-refractivity contribution in [2.24, 2.45) is 0 Å². The molecule has 0 radical (unpaired) electrons. The highest BCUT2D eigenvalue weighted by Crippen LogP contribution is 2.32. The van der Waals surface area contributed by atoms with Crippen LogP contribution in [0.2, 0.25) is 0 Å². The summed E-state index contributed by atoms with van der Waals surface area (Å²) in [6, 6.07) is 1.75. The summed E-state index contributed by atoms with van der Waals surface area (Å²) in [7, 11) is 0. The van der Waals surface area contributed by atoms with Gasteiger partial charge in [0.1, 0.15) is 12.1 Å². The molecule has 0 amide bonds. The minimum atomic E-state index is -0.615. The van der Waals surface area contributed by atoms with Crippen LogP contribution >= 0.6 is 0 Å². The Morgan fingerprint density at radius 2 is 2.00 bits per heavy atom. The molecular weight excluding hydrogens is 282 g/mol. The van der Waals surface area contributed by atoms with Gasteiger partial charge in [-0.25, -0.2) is 19.9 Å². The van der Waals surface area contributed by atoms with Gasteiger partial charge in [-0.3, -0.25) is 0 Å². The lowest BCUT2D eigenvalue weighted by Crippen LogP contribution is -2.43. The molecule has 0 aliphatic heterocycles. The van der Waals surface area contributed by atoms with E-state index >= 15 is 0 Å². The standard InChI is InChI=1S/C14H15N7O/c22-14(3-1-4-14)8-17-11-10-7-20-21(12(10)19-9-18-11)13-15-5-2-6-16-13/h2,5-7,9,22H,1,3-4,8H2,(H,17,18,19). The second kappa shape index (κ2) is 4.99. The maximum absolute atomic E-state index is 10.2. The first-order valence-corrected chi connectivity index (χ1v) is 7.18. The van der Waals surface area contributed by atoms with E-state index in [0.29, 0.717) is 24.0 Å². The topological polar surface area (TPSA) is 102 Å². The Morgan fingerprint density at radius 1 is 1.18 bits per heavy atom. The van der Waals surface area contributed by atoms with Crippen molar-refractivity contribution in [1.82, 2.24) is 29.7 Å². The fourth-order valence-electron chi connectivity index (χ4n) is 2.54. The average Bonchev–Trinajstić information content (AvgIpc) is 2.96. The number of aliphatic hydroxyl groups is 1. The second-order valence-electron chi connectivity index (χ2n) is 5.50. The Balaban J connectivity index is 1.68. The number of aromatic nitrogens is 6. The quantitative estimate of drug-likeness (QED) is 0.738. The van der Waals surface area contributed by atoms with E-state index in [4.69, 9.17) is 0 Å². The number of anilines is 1. The predicted molar refractivity (Wildman–Crippen MR) is 79.5 cm³/mol. The SMILES string of the molecule is OC1(CNc2ncnc3c2cnn3-c2ncccn2)CCC1. The maximum Gasteiger partial charge on any atom is 0.252 e. The van der Waals surface area contributed by atoms with Gasteiger partial charge in [-0.2, -0.15) is 9.78 Å². The average molecular weight is 297 g/mol. The summed E-state index contributed by atoms with van der Waals surface area (Å²) in [6.45, 7) is 0.478. The van der Waals surface area contributed by atoms with E-state index < -0.39 is 5.60 Å². The third-order valence-corrected chi connectivity index (χ3v) is 3.98. The van der Waals surface area contributed by atoms with Crippen molar-refractivity contribution >= 4 is 16.9 Å². The van der Waals surface area contributed by atoms with Crippen molar-refractivity contribution in [2.45, 2.75) is 24.9 Å². The third-order valence-electron chi connectivity index (χ3n) is 3.98. The van der Waals surface area contributed by atoms with Gasteiger partial charge in [0.15, 0.2) is 5.65 Å². The lowest BCUT2D eigenvalue weighted by Gasteiger charge is -2.36. The number of fused-ring (bicyclic) bond motifs is 1. The van der Waals surface area contributed by atoms with Crippen LogP contribution in [0.5, 0.6) is 0 Å². The van der Waals surface area contributed by atoms with E-state index in [-0.39, 0.29) is 0 Å². The fourth-order valence-corrected chi connectivity index (χ4v) is 2.54. The van der Waals surface area contributed by atoms with Crippen molar-refractivity contribution in [3.05, 3.63) is 31.0 Å². The molecule has 1 aliphatic carbocycles. The summed E-state index contributed by atoms with van der Waals surface area (Å²) in [6.07, 6.45) is 9.18. The molecule has 0 aromatic carbocycles. The maximum atomic E-state index is 10.2. The molecule has 0 bridgehead atoms. The van der Waals surface area contributed by atoms with E-state index in [9.17, 15) is 5.11 Å². The van der Waals surface area contributed by atoms with Gasteiger partial charge in [0.05, 0.1) is 17.2 Å².